The van der Waals surface area contributed by atoms with E-state index in [9.17, 15) is 9.59 Å². The lowest BCUT2D eigenvalue weighted by molar-refractivity contribution is -0.132. The Kier molecular flexibility index (Phi) is 4.71. The predicted molar refractivity (Wildman–Crippen MR) is 87.4 cm³/mol. The van der Waals surface area contributed by atoms with E-state index in [1.807, 2.05) is 17.0 Å². The first-order chi connectivity index (χ1) is 11.2. The van der Waals surface area contributed by atoms with Crippen molar-refractivity contribution >= 4 is 17.9 Å². The summed E-state index contributed by atoms with van der Waals surface area (Å²) in [6.45, 7) is 3.20. The number of rotatable bonds is 5. The van der Waals surface area contributed by atoms with Crippen LogP contribution in [0.15, 0.2) is 30.6 Å². The lowest BCUT2D eigenvalue weighted by Crippen LogP contribution is -2.59. The molecule has 1 aromatic rings. The number of carbonyl (C=O) groups excluding carboxylic acids is 2. The van der Waals surface area contributed by atoms with E-state index in [1.54, 1.807) is 19.4 Å². The van der Waals surface area contributed by atoms with E-state index >= 15 is 0 Å². The number of carbonyl (C=O) groups is 2. The first-order valence-electron chi connectivity index (χ1n) is 7.97. The van der Waals surface area contributed by atoms with Crippen LogP contribution in [0.4, 0.5) is 0 Å². The molecule has 1 unspecified atom stereocenters. The fraction of sp³-hybridized carbons (Fsp3) is 0.471. The largest absolute Gasteiger partial charge is 0.359 e. The lowest BCUT2D eigenvalue weighted by Gasteiger charge is -2.43. The molecule has 3 heterocycles. The summed E-state index contributed by atoms with van der Waals surface area (Å²) < 4.78 is 0. The number of hydrogen-bond acceptors (Lipinski definition) is 4. The second-order valence-electron chi connectivity index (χ2n) is 6.12. The van der Waals surface area contributed by atoms with Gasteiger partial charge in [-0.3, -0.25) is 19.5 Å². The van der Waals surface area contributed by atoms with Gasteiger partial charge in [0.1, 0.15) is 0 Å². The van der Waals surface area contributed by atoms with Crippen molar-refractivity contribution in [3.05, 3.63) is 36.2 Å². The van der Waals surface area contributed by atoms with E-state index in [0.717, 1.165) is 25.2 Å². The Morgan fingerprint density at radius 1 is 1.35 bits per heavy atom. The van der Waals surface area contributed by atoms with Crippen molar-refractivity contribution in [1.82, 2.24) is 20.1 Å². The second kappa shape index (κ2) is 6.91. The summed E-state index contributed by atoms with van der Waals surface area (Å²) in [5, 5.41) is 2.63. The molecule has 0 aromatic carbocycles. The van der Waals surface area contributed by atoms with Gasteiger partial charge < -0.3 is 10.2 Å². The van der Waals surface area contributed by atoms with Gasteiger partial charge in [0, 0.05) is 52.0 Å². The topological polar surface area (TPSA) is 65.5 Å². The monoisotopic (exact) mass is 314 g/mol. The minimum Gasteiger partial charge on any atom is -0.359 e. The molecule has 2 aliphatic rings. The molecule has 0 aliphatic carbocycles. The highest BCUT2D eigenvalue weighted by molar-refractivity contribution is 5.89. The molecule has 0 bridgehead atoms. The second-order valence-corrected chi connectivity index (χ2v) is 6.12. The number of pyridine rings is 1. The molecule has 0 saturated carbocycles. The van der Waals surface area contributed by atoms with Crippen LogP contribution in [0, 0.1) is 5.92 Å². The Hall–Kier alpha value is -2.21. The van der Waals surface area contributed by atoms with Crippen LogP contribution in [0.1, 0.15) is 12.0 Å². The van der Waals surface area contributed by atoms with Gasteiger partial charge in [0.05, 0.1) is 12.0 Å². The van der Waals surface area contributed by atoms with Gasteiger partial charge in [-0.05, 0) is 17.7 Å². The summed E-state index contributed by atoms with van der Waals surface area (Å²) in [7, 11) is 1.62. The van der Waals surface area contributed by atoms with E-state index in [-0.39, 0.29) is 23.8 Å². The first-order valence-corrected chi connectivity index (χ1v) is 7.97. The summed E-state index contributed by atoms with van der Waals surface area (Å²) in [5.74, 6) is -0.110. The molecule has 1 N–H and O–H groups in total. The molecule has 3 rings (SSSR count). The van der Waals surface area contributed by atoms with Crippen molar-refractivity contribution in [2.24, 2.45) is 5.92 Å². The molecule has 6 nitrogen and oxygen atoms in total. The van der Waals surface area contributed by atoms with Crippen LogP contribution < -0.4 is 5.32 Å². The fourth-order valence-corrected chi connectivity index (χ4v) is 3.17. The Morgan fingerprint density at radius 2 is 2.09 bits per heavy atom. The third kappa shape index (κ3) is 3.59. The number of hydrogen-bond donors (Lipinski definition) is 1. The van der Waals surface area contributed by atoms with Crippen molar-refractivity contribution < 1.29 is 9.59 Å². The van der Waals surface area contributed by atoms with Crippen LogP contribution in [-0.4, -0.2) is 65.9 Å². The minimum atomic E-state index is -0.187. The zero-order valence-corrected chi connectivity index (χ0v) is 13.3. The quantitative estimate of drug-likeness (QED) is 0.853. The van der Waals surface area contributed by atoms with Gasteiger partial charge in [-0.1, -0.05) is 12.2 Å². The van der Waals surface area contributed by atoms with E-state index in [2.05, 4.69) is 27.4 Å². The maximum absolute atomic E-state index is 12.1. The van der Waals surface area contributed by atoms with Gasteiger partial charge in [-0.2, -0.15) is 0 Å². The summed E-state index contributed by atoms with van der Waals surface area (Å²) in [4.78, 5) is 31.9. The average Bonchev–Trinajstić information content (AvgIpc) is 2.91. The molecule has 6 heteroatoms. The molecule has 2 saturated heterocycles. The van der Waals surface area contributed by atoms with Gasteiger partial charge >= 0.3 is 0 Å². The smallest absolute Gasteiger partial charge is 0.225 e. The predicted octanol–water partition coefficient (Wildman–Crippen LogP) is 0.374. The number of aromatic nitrogens is 1. The lowest BCUT2D eigenvalue weighted by atomic mass is 10.1. The van der Waals surface area contributed by atoms with E-state index in [1.165, 1.54) is 0 Å². The molecule has 2 aliphatic heterocycles. The van der Waals surface area contributed by atoms with Crippen molar-refractivity contribution in [1.29, 1.82) is 0 Å². The average molecular weight is 314 g/mol. The Bertz CT molecular complexity index is 596. The van der Waals surface area contributed by atoms with E-state index in [0.29, 0.717) is 13.0 Å². The molecule has 23 heavy (non-hydrogen) atoms. The highest BCUT2D eigenvalue weighted by Gasteiger charge is 2.41. The zero-order chi connectivity index (χ0) is 16.2. The maximum Gasteiger partial charge on any atom is 0.225 e. The van der Waals surface area contributed by atoms with Gasteiger partial charge in [-0.15, -0.1) is 0 Å². The molecule has 1 aromatic heterocycles. The van der Waals surface area contributed by atoms with Gasteiger partial charge in [0.15, 0.2) is 0 Å². The fourth-order valence-electron chi connectivity index (χ4n) is 3.17. The molecule has 1 atom stereocenters. The zero-order valence-electron chi connectivity index (χ0n) is 13.3. The standard InChI is InChI=1S/C17H22N4O2/c1-18-17(23)14-9-16(22)21(10-14)15-11-20(12-15)8-2-3-13-4-6-19-7-5-13/h2-7,14-15H,8-12H2,1H3,(H,18,23)/b3-2+. The first kappa shape index (κ1) is 15.7. The van der Waals surface area contributed by atoms with Crippen molar-refractivity contribution in [3.8, 4) is 0 Å². The van der Waals surface area contributed by atoms with Crippen LogP contribution >= 0.6 is 0 Å². The summed E-state index contributed by atoms with van der Waals surface area (Å²) in [6, 6.07) is 4.19. The Labute approximate surface area is 136 Å². The van der Waals surface area contributed by atoms with E-state index in [4.69, 9.17) is 0 Å². The molecule has 0 spiro atoms. The molecular formula is C17H22N4O2. The van der Waals surface area contributed by atoms with Crippen LogP contribution in [0.25, 0.3) is 6.08 Å². The maximum atomic E-state index is 12.1. The van der Waals surface area contributed by atoms with E-state index < -0.39 is 0 Å². The van der Waals surface area contributed by atoms with Gasteiger partial charge in [0.2, 0.25) is 11.8 Å². The Morgan fingerprint density at radius 3 is 2.78 bits per heavy atom. The number of likely N-dealkylation sites (tertiary alicyclic amines) is 2. The summed E-state index contributed by atoms with van der Waals surface area (Å²) >= 11 is 0. The molecule has 0 radical (unpaired) electrons. The molecule has 2 amide bonds. The van der Waals surface area contributed by atoms with Crippen molar-refractivity contribution in [2.45, 2.75) is 12.5 Å². The highest BCUT2D eigenvalue weighted by atomic mass is 16.2. The highest BCUT2D eigenvalue weighted by Crippen LogP contribution is 2.25. The van der Waals surface area contributed by atoms with Crippen LogP contribution in [0.3, 0.4) is 0 Å². The summed E-state index contributed by atoms with van der Waals surface area (Å²) in [5.41, 5.74) is 1.14. The van der Waals surface area contributed by atoms with Crippen LogP contribution in [0.5, 0.6) is 0 Å². The van der Waals surface area contributed by atoms with Gasteiger partial charge in [0.25, 0.3) is 0 Å². The van der Waals surface area contributed by atoms with Crippen LogP contribution in [-0.2, 0) is 9.59 Å². The molecular weight excluding hydrogens is 292 g/mol. The third-order valence-corrected chi connectivity index (χ3v) is 4.53. The Balaban J connectivity index is 1.43. The number of nitrogens with zero attached hydrogens (tertiary/aromatic N) is 3. The number of nitrogens with one attached hydrogen (secondary N) is 1. The van der Waals surface area contributed by atoms with Crippen molar-refractivity contribution in [2.75, 3.05) is 33.2 Å². The number of amides is 2. The van der Waals surface area contributed by atoms with Crippen LogP contribution in [0.2, 0.25) is 0 Å². The minimum absolute atomic E-state index is 0.0303. The summed E-state index contributed by atoms with van der Waals surface area (Å²) in [6.07, 6.45) is 8.11. The van der Waals surface area contributed by atoms with Gasteiger partial charge in [-0.25, -0.2) is 0 Å². The third-order valence-electron chi connectivity index (χ3n) is 4.53. The molecule has 122 valence electrons. The SMILES string of the molecule is CNC(=O)C1CC(=O)N(C2CN(C/C=C/c3ccncc3)C2)C1. The molecule has 2 fully saturated rings. The van der Waals surface area contributed by atoms with Crippen molar-refractivity contribution in [3.63, 3.8) is 0 Å². The normalized spacial score (nSPS) is 22.6.